The lowest BCUT2D eigenvalue weighted by molar-refractivity contribution is 0.0548. The molecule has 0 bridgehead atoms. The third-order valence-corrected chi connectivity index (χ3v) is 2.74. The molecule has 0 saturated heterocycles. The number of terminal acetylenes is 1. The molecule has 8 heteroatoms. The van der Waals surface area contributed by atoms with Crippen LogP contribution in [0, 0.1) is 18.2 Å². The summed E-state index contributed by atoms with van der Waals surface area (Å²) in [6.45, 7) is -0.296. The molecule has 0 aliphatic rings. The molecule has 0 fully saturated rings. The second-order valence-corrected chi connectivity index (χ2v) is 4.23. The monoisotopic (exact) mass is 332 g/mol. The molecular weight excluding hydrogens is 319 g/mol. The van der Waals surface area contributed by atoms with Crippen LogP contribution in [-0.2, 0) is 4.74 Å². The number of hydrogen-bond donors (Lipinski definition) is 0. The summed E-state index contributed by atoms with van der Waals surface area (Å²) < 4.78 is 34.1. The maximum atomic E-state index is 14.0. The number of esters is 1. The van der Waals surface area contributed by atoms with E-state index in [0.717, 1.165) is 6.07 Å². The Morgan fingerprint density at radius 2 is 1.92 bits per heavy atom. The summed E-state index contributed by atoms with van der Waals surface area (Å²) in [6, 6.07) is 5.06. The van der Waals surface area contributed by atoms with Crippen molar-refractivity contribution in [2.45, 2.75) is 0 Å². The number of hydrogen-bond acceptors (Lipinski definition) is 7. The number of halogens is 1. The minimum Gasteiger partial charge on any atom is -0.481 e. The van der Waals surface area contributed by atoms with E-state index in [9.17, 15) is 9.18 Å². The molecule has 1 aromatic heterocycles. The van der Waals surface area contributed by atoms with Crippen LogP contribution in [0.4, 0.5) is 4.39 Å². The van der Waals surface area contributed by atoms with Crippen molar-refractivity contribution in [1.82, 2.24) is 9.97 Å². The fraction of sp³-hybridized carbons (Fsp3) is 0.188. The Morgan fingerprint density at radius 1 is 1.25 bits per heavy atom. The van der Waals surface area contributed by atoms with Crippen LogP contribution in [0.15, 0.2) is 24.3 Å². The van der Waals surface area contributed by atoms with Crippen LogP contribution in [-0.4, -0.2) is 36.8 Å². The first kappa shape index (κ1) is 17.0. The highest BCUT2D eigenvalue weighted by Crippen LogP contribution is 2.28. The second kappa shape index (κ2) is 7.78. The van der Waals surface area contributed by atoms with Crippen molar-refractivity contribution >= 4 is 5.97 Å². The zero-order valence-corrected chi connectivity index (χ0v) is 12.9. The number of benzene rings is 1. The van der Waals surface area contributed by atoms with E-state index in [1.807, 2.05) is 0 Å². The predicted octanol–water partition coefficient (Wildman–Crippen LogP) is 2.22. The van der Waals surface area contributed by atoms with Gasteiger partial charge in [-0.25, -0.2) is 9.18 Å². The van der Waals surface area contributed by atoms with Gasteiger partial charge in [-0.15, -0.1) is 6.42 Å². The highest BCUT2D eigenvalue weighted by molar-refractivity contribution is 5.93. The maximum Gasteiger partial charge on any atom is 0.345 e. The SMILES string of the molecule is C#CCOC(=O)c1c(F)cccc1Oc1nc(OC)cc(OC)n1. The molecule has 0 saturated carbocycles. The first-order chi connectivity index (χ1) is 11.6. The largest absolute Gasteiger partial charge is 0.481 e. The third kappa shape index (κ3) is 3.89. The zero-order valence-electron chi connectivity index (χ0n) is 12.9. The van der Waals surface area contributed by atoms with Gasteiger partial charge in [0.05, 0.1) is 20.3 Å². The second-order valence-electron chi connectivity index (χ2n) is 4.23. The van der Waals surface area contributed by atoms with Crippen molar-refractivity contribution in [3.05, 3.63) is 35.6 Å². The quantitative estimate of drug-likeness (QED) is 0.593. The molecule has 2 rings (SSSR count). The molecule has 0 unspecified atom stereocenters. The standard InChI is InChI=1S/C16H13FN2O5/c1-4-8-23-15(20)14-10(17)6-5-7-11(14)24-16-18-12(21-2)9-13(19-16)22-3/h1,5-7,9H,8H2,2-3H3. The Labute approximate surface area is 137 Å². The van der Waals surface area contributed by atoms with Gasteiger partial charge in [0.25, 0.3) is 0 Å². The molecule has 1 heterocycles. The van der Waals surface area contributed by atoms with E-state index in [1.54, 1.807) is 0 Å². The lowest BCUT2D eigenvalue weighted by atomic mass is 10.2. The summed E-state index contributed by atoms with van der Waals surface area (Å²) in [6.07, 6.45) is 5.02. The van der Waals surface area contributed by atoms with Crippen LogP contribution in [0.2, 0.25) is 0 Å². The molecule has 0 radical (unpaired) electrons. The van der Waals surface area contributed by atoms with Crippen molar-refractivity contribution in [3.63, 3.8) is 0 Å². The Balaban J connectivity index is 2.38. The summed E-state index contributed by atoms with van der Waals surface area (Å²) in [7, 11) is 2.80. The highest BCUT2D eigenvalue weighted by Gasteiger charge is 2.21. The minimum absolute atomic E-state index is 0.132. The van der Waals surface area contributed by atoms with Crippen molar-refractivity contribution in [1.29, 1.82) is 0 Å². The lowest BCUT2D eigenvalue weighted by Gasteiger charge is -2.11. The number of rotatable bonds is 6. The molecule has 1 aromatic carbocycles. The summed E-state index contributed by atoms with van der Waals surface area (Å²) >= 11 is 0. The van der Waals surface area contributed by atoms with Gasteiger partial charge in [-0.2, -0.15) is 9.97 Å². The van der Waals surface area contributed by atoms with Crippen LogP contribution in [0.1, 0.15) is 10.4 Å². The normalized spacial score (nSPS) is 9.75. The first-order valence-corrected chi connectivity index (χ1v) is 6.63. The average Bonchev–Trinajstić information content (AvgIpc) is 2.59. The summed E-state index contributed by atoms with van der Waals surface area (Å²) in [5.41, 5.74) is -0.418. The molecule has 2 aromatic rings. The van der Waals surface area contributed by atoms with Gasteiger partial charge in [-0.05, 0) is 12.1 Å². The minimum atomic E-state index is -0.962. The van der Waals surface area contributed by atoms with E-state index < -0.39 is 17.3 Å². The lowest BCUT2D eigenvalue weighted by Crippen LogP contribution is -2.10. The van der Waals surface area contributed by atoms with E-state index in [2.05, 4.69) is 15.9 Å². The molecule has 24 heavy (non-hydrogen) atoms. The fourth-order valence-electron chi connectivity index (χ4n) is 1.70. The average molecular weight is 332 g/mol. The van der Waals surface area contributed by atoms with E-state index in [1.165, 1.54) is 32.4 Å². The van der Waals surface area contributed by atoms with Gasteiger partial charge in [0.2, 0.25) is 11.8 Å². The Bertz CT molecular complexity index is 766. The van der Waals surface area contributed by atoms with Crippen molar-refractivity contribution < 1.29 is 28.1 Å². The summed E-state index contributed by atoms with van der Waals surface area (Å²) in [5.74, 6) is 0.542. The zero-order chi connectivity index (χ0) is 17.5. The van der Waals surface area contributed by atoms with E-state index in [0.29, 0.717) is 0 Å². The molecule has 7 nitrogen and oxygen atoms in total. The van der Waals surface area contributed by atoms with Crippen LogP contribution in [0.5, 0.6) is 23.5 Å². The van der Waals surface area contributed by atoms with Gasteiger partial charge < -0.3 is 18.9 Å². The molecular formula is C16H13FN2O5. The van der Waals surface area contributed by atoms with Gasteiger partial charge >= 0.3 is 12.0 Å². The summed E-state index contributed by atoms with van der Waals surface area (Å²) in [4.78, 5) is 19.8. The van der Waals surface area contributed by atoms with Crippen LogP contribution < -0.4 is 14.2 Å². The molecule has 0 amide bonds. The van der Waals surface area contributed by atoms with Gasteiger partial charge in [0.15, 0.2) is 6.61 Å². The van der Waals surface area contributed by atoms with Gasteiger partial charge in [-0.3, -0.25) is 0 Å². The Morgan fingerprint density at radius 3 is 2.50 bits per heavy atom. The fourth-order valence-corrected chi connectivity index (χ4v) is 1.70. The van der Waals surface area contributed by atoms with Gasteiger partial charge in [0, 0.05) is 0 Å². The Hall–Kier alpha value is -3.34. The van der Waals surface area contributed by atoms with Crippen LogP contribution in [0.25, 0.3) is 0 Å². The molecule has 0 spiro atoms. The number of nitrogens with zero attached hydrogens (tertiary/aromatic N) is 2. The predicted molar refractivity (Wildman–Crippen MR) is 80.7 cm³/mol. The number of aromatic nitrogens is 2. The van der Waals surface area contributed by atoms with E-state index >= 15 is 0 Å². The highest BCUT2D eigenvalue weighted by atomic mass is 19.1. The van der Waals surface area contributed by atoms with Crippen molar-refractivity contribution in [2.24, 2.45) is 0 Å². The van der Waals surface area contributed by atoms with Crippen LogP contribution in [0.3, 0.4) is 0 Å². The summed E-state index contributed by atoms with van der Waals surface area (Å²) in [5, 5.41) is 0. The van der Waals surface area contributed by atoms with Crippen molar-refractivity contribution in [2.75, 3.05) is 20.8 Å². The number of ether oxygens (including phenoxy) is 4. The number of carbonyl (C=O) groups excluding carboxylic acids is 1. The van der Waals surface area contributed by atoms with E-state index in [4.69, 9.17) is 25.4 Å². The number of carbonyl (C=O) groups is 1. The molecule has 124 valence electrons. The topological polar surface area (TPSA) is 79.8 Å². The Kier molecular flexibility index (Phi) is 5.52. The van der Waals surface area contributed by atoms with Crippen molar-refractivity contribution in [3.8, 4) is 35.9 Å². The molecule has 0 N–H and O–H groups in total. The maximum absolute atomic E-state index is 14.0. The van der Waals surface area contributed by atoms with Gasteiger partial charge in [0.1, 0.15) is 17.1 Å². The molecule has 0 aliphatic heterocycles. The number of methoxy groups -OCH3 is 2. The first-order valence-electron chi connectivity index (χ1n) is 6.63. The molecule has 0 atom stereocenters. The van der Waals surface area contributed by atoms with Crippen LogP contribution >= 0.6 is 0 Å². The molecule has 0 aliphatic carbocycles. The third-order valence-electron chi connectivity index (χ3n) is 2.74. The smallest absolute Gasteiger partial charge is 0.345 e. The van der Waals surface area contributed by atoms with Gasteiger partial charge in [-0.1, -0.05) is 12.0 Å². The van der Waals surface area contributed by atoms with E-state index in [-0.39, 0.29) is 30.1 Å².